The van der Waals surface area contributed by atoms with E-state index < -0.39 is 78.1 Å². The van der Waals surface area contributed by atoms with Gasteiger partial charge in [0.25, 0.3) is 11.8 Å². The molecule has 0 radical (unpaired) electrons. The second-order valence-corrected chi connectivity index (χ2v) is 12.5. The Morgan fingerprint density at radius 1 is 0.769 bits per heavy atom. The largest absolute Gasteiger partial charge is 0.481 e. The highest BCUT2D eigenvalue weighted by Crippen LogP contribution is 2.22. The third-order valence-corrected chi connectivity index (χ3v) is 7.05. The number of anilines is 2. The number of rotatable bonds is 17. The maximum atomic E-state index is 12.3. The fourth-order valence-electron chi connectivity index (χ4n) is 4.55. The average Bonchev–Trinajstić information content (AvgIpc) is 3.37. The molecule has 0 fully saturated rings. The second kappa shape index (κ2) is 18.5. The number of aliphatic carboxylic acids is 2. The zero-order valence-corrected chi connectivity index (χ0v) is 28.6. The van der Waals surface area contributed by atoms with Crippen molar-refractivity contribution in [3.63, 3.8) is 0 Å². The van der Waals surface area contributed by atoms with Gasteiger partial charge in [-0.05, 0) is 88.6 Å². The lowest BCUT2D eigenvalue weighted by Crippen LogP contribution is -2.45. The molecular weight excluding hydrogens is 682 g/mol. The summed E-state index contributed by atoms with van der Waals surface area (Å²) in [6.45, 7) is 4.01. The van der Waals surface area contributed by atoms with Gasteiger partial charge < -0.3 is 36.2 Å². The normalized spacial score (nSPS) is 13.7. The van der Waals surface area contributed by atoms with E-state index in [9.17, 15) is 48.6 Å². The molecule has 2 atom stereocenters. The lowest BCUT2D eigenvalue weighted by Gasteiger charge is -2.23. The van der Waals surface area contributed by atoms with Crippen LogP contribution in [0.15, 0.2) is 70.9 Å². The Balaban J connectivity index is 1.38. The number of hydrogen-bond donors (Lipinski definition) is 6. The molecule has 18 heteroatoms. The van der Waals surface area contributed by atoms with Gasteiger partial charge >= 0.3 is 18.0 Å². The van der Waals surface area contributed by atoms with Crippen LogP contribution in [0.1, 0.15) is 46.5 Å². The lowest BCUT2D eigenvalue weighted by atomic mass is 9.94. The van der Waals surface area contributed by atoms with Crippen molar-refractivity contribution in [2.24, 2.45) is 16.1 Å². The molecule has 0 aliphatic carbocycles. The van der Waals surface area contributed by atoms with Crippen LogP contribution in [-0.2, 0) is 38.3 Å². The van der Waals surface area contributed by atoms with Crippen LogP contribution in [0.5, 0.6) is 0 Å². The maximum absolute atomic E-state index is 12.3. The average molecular weight is 722 g/mol. The molecule has 6 amide bonds. The molecule has 1 aliphatic rings. The molecule has 0 saturated heterocycles. The highest BCUT2D eigenvalue weighted by Gasteiger charge is 2.30. The first-order valence-electron chi connectivity index (χ1n) is 16.0. The van der Waals surface area contributed by atoms with Crippen molar-refractivity contribution in [3.05, 3.63) is 60.7 Å². The number of nitrogens with one attached hydrogen (secondary N) is 4. The molecule has 0 saturated carbocycles. The molecule has 1 unspecified atom stereocenters. The number of carbonyl (C=O) groups excluding carboxylic acids is 6. The number of hydrogen-bond acceptors (Lipinski definition) is 11. The van der Waals surface area contributed by atoms with E-state index in [1.807, 2.05) is 0 Å². The van der Waals surface area contributed by atoms with Gasteiger partial charge in [0, 0.05) is 29.9 Å². The zero-order chi connectivity index (χ0) is 38.4. The van der Waals surface area contributed by atoms with Crippen LogP contribution in [0.2, 0.25) is 0 Å². The van der Waals surface area contributed by atoms with Crippen LogP contribution in [0.4, 0.5) is 27.5 Å². The molecule has 18 nitrogen and oxygen atoms in total. The van der Waals surface area contributed by atoms with Crippen LogP contribution < -0.4 is 21.3 Å². The van der Waals surface area contributed by atoms with Crippen molar-refractivity contribution >= 4 is 70.3 Å². The summed E-state index contributed by atoms with van der Waals surface area (Å²) in [4.78, 5) is 96.1. The molecule has 2 aromatic carbocycles. The monoisotopic (exact) mass is 721 g/mol. The van der Waals surface area contributed by atoms with Crippen molar-refractivity contribution in [1.82, 2.24) is 15.5 Å². The van der Waals surface area contributed by atoms with Gasteiger partial charge in [-0.15, -0.1) is 0 Å². The van der Waals surface area contributed by atoms with Crippen molar-refractivity contribution in [1.29, 1.82) is 0 Å². The summed E-state index contributed by atoms with van der Waals surface area (Å²) in [5, 5.41) is 37.0. The second-order valence-electron chi connectivity index (χ2n) is 12.5. The van der Waals surface area contributed by atoms with Gasteiger partial charge in [0.2, 0.25) is 17.7 Å². The van der Waals surface area contributed by atoms with Crippen molar-refractivity contribution < 1.29 is 53.3 Å². The predicted octanol–water partition coefficient (Wildman–Crippen LogP) is 3.26. The molecule has 0 aromatic heterocycles. The molecule has 1 aliphatic heterocycles. The number of alkyl carbamates (subject to hydrolysis) is 1. The van der Waals surface area contributed by atoms with Crippen molar-refractivity contribution in [2.75, 3.05) is 23.7 Å². The highest BCUT2D eigenvalue weighted by molar-refractivity contribution is 6.15. The van der Waals surface area contributed by atoms with E-state index in [-0.39, 0.29) is 25.8 Å². The van der Waals surface area contributed by atoms with Crippen LogP contribution in [0.25, 0.3) is 0 Å². The van der Waals surface area contributed by atoms with Gasteiger partial charge in [0.15, 0.2) is 0 Å². The summed E-state index contributed by atoms with van der Waals surface area (Å²) in [7, 11) is 0. The van der Waals surface area contributed by atoms with Gasteiger partial charge in [-0.25, -0.2) is 9.59 Å². The highest BCUT2D eigenvalue weighted by atomic mass is 16.6. The Morgan fingerprint density at radius 3 is 1.77 bits per heavy atom. The molecular formula is C34H39N7O11. The van der Waals surface area contributed by atoms with Crippen LogP contribution in [-0.4, -0.2) is 87.4 Å². The molecule has 3 rings (SSSR count). The Labute approximate surface area is 297 Å². The quantitative estimate of drug-likeness (QED) is 0.102. The van der Waals surface area contributed by atoms with E-state index in [4.69, 9.17) is 4.74 Å². The van der Waals surface area contributed by atoms with E-state index in [2.05, 4.69) is 31.5 Å². The maximum Gasteiger partial charge on any atom is 0.408 e. The molecule has 52 heavy (non-hydrogen) atoms. The van der Waals surface area contributed by atoms with Crippen molar-refractivity contribution in [2.45, 2.75) is 58.1 Å². The van der Waals surface area contributed by atoms with Gasteiger partial charge in [-0.3, -0.25) is 33.7 Å². The van der Waals surface area contributed by atoms with Gasteiger partial charge in [0.1, 0.15) is 18.2 Å². The fourth-order valence-corrected chi connectivity index (χ4v) is 4.55. The molecule has 0 spiro atoms. The number of ether oxygens (including phenoxy) is 1. The predicted molar refractivity (Wildman–Crippen MR) is 184 cm³/mol. The molecule has 0 bridgehead atoms. The number of carboxylic acid groups (broad SMARTS) is 2. The first-order valence-corrected chi connectivity index (χ1v) is 16.0. The molecule has 1 heterocycles. The summed E-state index contributed by atoms with van der Waals surface area (Å²) in [5.74, 6) is -6.57. The number of carbonyl (C=O) groups is 8. The smallest absolute Gasteiger partial charge is 0.408 e. The number of benzene rings is 2. The van der Waals surface area contributed by atoms with Crippen LogP contribution in [0.3, 0.4) is 0 Å². The molecule has 276 valence electrons. The Morgan fingerprint density at radius 2 is 1.29 bits per heavy atom. The Bertz CT molecular complexity index is 1720. The number of imide groups is 1. The molecule has 2 aromatic rings. The van der Waals surface area contributed by atoms with E-state index in [0.717, 1.165) is 17.1 Å². The standard InChI is InChI=1S/C34H39N7O11/c1-34(2,3)52-33(51)38-25(32(49)50)17-20(31(47)48)5-4-6-26(42)35-18-27(43)36-21-7-11-23(12-8-21)39-40-24-13-9-22(10-14-24)37-28(44)19-41-29(45)15-16-30(41)46/h7-16,20,25H,4-6,17-19H2,1-3H3,(H,35,42)(H,36,43)(H,37,44)(H,38,51)(H,47,48)(H,49,50)/t20?,25-/m1/s1. The Kier molecular flexibility index (Phi) is 14.2. The third-order valence-electron chi connectivity index (χ3n) is 7.05. The van der Waals surface area contributed by atoms with Gasteiger partial charge in [-0.1, -0.05) is 0 Å². The zero-order valence-electron chi connectivity index (χ0n) is 28.6. The summed E-state index contributed by atoms with van der Waals surface area (Å²) in [6.07, 6.45) is 0.692. The third kappa shape index (κ3) is 13.8. The topological polar surface area (TPSA) is 262 Å². The minimum absolute atomic E-state index is 0.0483. The Hall–Kier alpha value is -6.46. The summed E-state index contributed by atoms with van der Waals surface area (Å²) < 4.78 is 5.04. The minimum Gasteiger partial charge on any atom is -0.481 e. The molecule has 6 N–H and O–H groups in total. The van der Waals surface area contributed by atoms with E-state index in [0.29, 0.717) is 22.7 Å². The SMILES string of the molecule is CC(C)(C)OC(=O)N[C@H](CC(CCCC(=O)NCC(=O)Nc1ccc(N=Nc2ccc(NC(=O)CN3C(=O)C=CC3=O)cc2)cc1)C(=O)O)C(=O)O. The first-order chi connectivity index (χ1) is 24.5. The van der Waals surface area contributed by atoms with Gasteiger partial charge in [0.05, 0.1) is 23.8 Å². The fraction of sp³-hybridized carbons (Fsp3) is 0.353. The minimum atomic E-state index is -1.51. The lowest BCUT2D eigenvalue weighted by molar-refractivity contribution is -0.145. The number of azo groups is 1. The number of nitrogens with zero attached hydrogens (tertiary/aromatic N) is 3. The summed E-state index contributed by atoms with van der Waals surface area (Å²) in [6, 6.07) is 11.2. The van der Waals surface area contributed by atoms with Crippen LogP contribution >= 0.6 is 0 Å². The van der Waals surface area contributed by atoms with Crippen LogP contribution in [0, 0.1) is 5.92 Å². The summed E-state index contributed by atoms with van der Waals surface area (Å²) in [5.41, 5.74) is 0.901. The van der Waals surface area contributed by atoms with Gasteiger partial charge in [-0.2, -0.15) is 10.2 Å². The summed E-state index contributed by atoms with van der Waals surface area (Å²) >= 11 is 0. The first kappa shape index (κ1) is 40.0. The van der Waals surface area contributed by atoms with E-state index in [1.165, 1.54) is 0 Å². The van der Waals surface area contributed by atoms with E-state index in [1.54, 1.807) is 69.3 Å². The van der Waals surface area contributed by atoms with Crippen molar-refractivity contribution in [3.8, 4) is 0 Å². The number of carboxylic acids is 2. The van der Waals surface area contributed by atoms with E-state index >= 15 is 0 Å². The number of amides is 6.